The second-order valence-electron chi connectivity index (χ2n) is 4.23. The van der Waals surface area contributed by atoms with Crippen molar-refractivity contribution in [3.63, 3.8) is 0 Å². The Bertz CT molecular complexity index is 680. The second kappa shape index (κ2) is 6.62. The highest BCUT2D eigenvalue weighted by atomic mass is 19.1. The zero-order valence-electron chi connectivity index (χ0n) is 11.7. The molecule has 0 aliphatic heterocycles. The molecule has 0 unspecified atom stereocenters. The van der Waals surface area contributed by atoms with E-state index in [1.54, 1.807) is 30.3 Å². The summed E-state index contributed by atoms with van der Waals surface area (Å²) < 4.78 is 29.5. The third-order valence-electron chi connectivity index (χ3n) is 2.90. The lowest BCUT2D eigenvalue weighted by Crippen LogP contribution is -2.01. The van der Waals surface area contributed by atoms with Crippen molar-refractivity contribution < 1.29 is 18.6 Å². The standard InChI is InChI=1S/C16H14FNO3/c1-19-13-6-11(9-18)7-14(8-13)21-10-12-4-3-5-15(20-2)16(12)17/h3-8H,10H2,1-2H3. The van der Waals surface area contributed by atoms with Gasteiger partial charge in [-0.25, -0.2) is 4.39 Å². The first-order valence-electron chi connectivity index (χ1n) is 6.21. The van der Waals surface area contributed by atoms with Crippen molar-refractivity contribution in [3.05, 3.63) is 53.3 Å². The van der Waals surface area contributed by atoms with Gasteiger partial charge in [0.2, 0.25) is 0 Å². The number of rotatable bonds is 5. The van der Waals surface area contributed by atoms with Crippen molar-refractivity contribution >= 4 is 0 Å². The molecule has 2 rings (SSSR count). The van der Waals surface area contributed by atoms with Crippen LogP contribution in [0, 0.1) is 17.1 Å². The molecule has 0 saturated carbocycles. The van der Waals surface area contributed by atoms with Gasteiger partial charge in [0.15, 0.2) is 11.6 Å². The topological polar surface area (TPSA) is 51.5 Å². The van der Waals surface area contributed by atoms with Crippen LogP contribution >= 0.6 is 0 Å². The molecule has 0 aliphatic carbocycles. The summed E-state index contributed by atoms with van der Waals surface area (Å²) in [4.78, 5) is 0. The van der Waals surface area contributed by atoms with Crippen LogP contribution in [0.15, 0.2) is 36.4 Å². The van der Waals surface area contributed by atoms with Crippen LogP contribution in [0.2, 0.25) is 0 Å². The van der Waals surface area contributed by atoms with Gasteiger partial charge < -0.3 is 14.2 Å². The first kappa shape index (κ1) is 14.7. The molecule has 0 saturated heterocycles. The van der Waals surface area contributed by atoms with E-state index in [4.69, 9.17) is 19.5 Å². The monoisotopic (exact) mass is 287 g/mol. The van der Waals surface area contributed by atoms with Gasteiger partial charge in [0.05, 0.1) is 25.9 Å². The van der Waals surface area contributed by atoms with Crippen molar-refractivity contribution in [1.29, 1.82) is 5.26 Å². The predicted octanol–water partition coefficient (Wildman–Crippen LogP) is 3.29. The number of halogens is 1. The number of nitrogens with zero attached hydrogens (tertiary/aromatic N) is 1. The second-order valence-corrected chi connectivity index (χ2v) is 4.23. The van der Waals surface area contributed by atoms with Gasteiger partial charge in [-0.3, -0.25) is 0 Å². The summed E-state index contributed by atoms with van der Waals surface area (Å²) in [5.41, 5.74) is 0.783. The minimum absolute atomic E-state index is 0.0288. The lowest BCUT2D eigenvalue weighted by atomic mass is 10.2. The van der Waals surface area contributed by atoms with Gasteiger partial charge in [0, 0.05) is 11.6 Å². The fourth-order valence-electron chi connectivity index (χ4n) is 1.82. The predicted molar refractivity (Wildman–Crippen MR) is 75.0 cm³/mol. The van der Waals surface area contributed by atoms with Gasteiger partial charge in [0.25, 0.3) is 0 Å². The fraction of sp³-hybridized carbons (Fsp3) is 0.188. The zero-order valence-corrected chi connectivity index (χ0v) is 11.7. The normalized spacial score (nSPS) is 9.81. The molecule has 0 fully saturated rings. The Morgan fingerprint density at radius 2 is 1.86 bits per heavy atom. The van der Waals surface area contributed by atoms with Crippen molar-refractivity contribution in [2.24, 2.45) is 0 Å². The van der Waals surface area contributed by atoms with E-state index < -0.39 is 5.82 Å². The number of nitriles is 1. The highest BCUT2D eigenvalue weighted by Gasteiger charge is 2.09. The Balaban J connectivity index is 2.19. The van der Waals surface area contributed by atoms with E-state index in [0.29, 0.717) is 22.6 Å². The Morgan fingerprint density at radius 3 is 2.52 bits per heavy atom. The molecule has 5 heteroatoms. The molecule has 0 heterocycles. The highest BCUT2D eigenvalue weighted by Crippen LogP contribution is 2.25. The minimum Gasteiger partial charge on any atom is -0.497 e. The molecule has 0 aliphatic rings. The molecule has 0 bridgehead atoms. The Labute approximate surface area is 122 Å². The van der Waals surface area contributed by atoms with Crippen LogP contribution in [0.25, 0.3) is 0 Å². The molecular formula is C16H14FNO3. The van der Waals surface area contributed by atoms with Crippen molar-refractivity contribution in [2.45, 2.75) is 6.61 Å². The third-order valence-corrected chi connectivity index (χ3v) is 2.90. The number of ether oxygens (including phenoxy) is 3. The number of hydrogen-bond acceptors (Lipinski definition) is 4. The molecule has 0 aromatic heterocycles. The summed E-state index contributed by atoms with van der Waals surface area (Å²) in [7, 11) is 2.91. The van der Waals surface area contributed by atoms with Crippen LogP contribution in [0.4, 0.5) is 4.39 Å². The van der Waals surface area contributed by atoms with Gasteiger partial charge in [0.1, 0.15) is 18.1 Å². The van der Waals surface area contributed by atoms with E-state index in [1.807, 2.05) is 6.07 Å². The molecular weight excluding hydrogens is 273 g/mol. The summed E-state index contributed by atoms with van der Waals surface area (Å²) in [6, 6.07) is 11.7. The van der Waals surface area contributed by atoms with Gasteiger partial charge in [-0.15, -0.1) is 0 Å². The van der Waals surface area contributed by atoms with E-state index in [2.05, 4.69) is 0 Å². The average molecular weight is 287 g/mol. The molecule has 108 valence electrons. The Kier molecular flexibility index (Phi) is 4.62. The number of hydrogen-bond donors (Lipinski definition) is 0. The van der Waals surface area contributed by atoms with Crippen LogP contribution in [-0.2, 0) is 6.61 Å². The Hall–Kier alpha value is -2.74. The van der Waals surface area contributed by atoms with Crippen LogP contribution in [0.5, 0.6) is 17.2 Å². The largest absolute Gasteiger partial charge is 0.497 e. The molecule has 4 nitrogen and oxygen atoms in total. The summed E-state index contributed by atoms with van der Waals surface area (Å²) in [5, 5.41) is 8.94. The molecule has 2 aromatic rings. The maximum Gasteiger partial charge on any atom is 0.171 e. The minimum atomic E-state index is -0.455. The molecule has 2 aromatic carbocycles. The summed E-state index contributed by atoms with van der Waals surface area (Å²) in [6.07, 6.45) is 0. The lowest BCUT2D eigenvalue weighted by molar-refractivity contribution is 0.293. The van der Waals surface area contributed by atoms with E-state index in [9.17, 15) is 4.39 Å². The first-order chi connectivity index (χ1) is 10.2. The molecule has 0 N–H and O–H groups in total. The highest BCUT2D eigenvalue weighted by molar-refractivity contribution is 5.44. The Morgan fingerprint density at radius 1 is 1.10 bits per heavy atom. The molecule has 0 radical (unpaired) electrons. The quantitative estimate of drug-likeness (QED) is 0.846. The molecule has 0 amide bonds. The van der Waals surface area contributed by atoms with Crippen molar-refractivity contribution in [3.8, 4) is 23.3 Å². The van der Waals surface area contributed by atoms with Gasteiger partial charge >= 0.3 is 0 Å². The smallest absolute Gasteiger partial charge is 0.171 e. The van der Waals surface area contributed by atoms with Gasteiger partial charge in [-0.05, 0) is 18.2 Å². The molecule has 0 spiro atoms. The first-order valence-corrected chi connectivity index (χ1v) is 6.21. The summed E-state index contributed by atoms with van der Waals surface area (Å²) in [6.45, 7) is 0.0288. The maximum atomic E-state index is 14.0. The van der Waals surface area contributed by atoms with Crippen LogP contribution in [-0.4, -0.2) is 14.2 Å². The van der Waals surface area contributed by atoms with E-state index >= 15 is 0 Å². The number of benzene rings is 2. The van der Waals surface area contributed by atoms with E-state index in [-0.39, 0.29) is 12.4 Å². The van der Waals surface area contributed by atoms with Crippen LogP contribution in [0.3, 0.4) is 0 Å². The maximum absolute atomic E-state index is 14.0. The van der Waals surface area contributed by atoms with Gasteiger partial charge in [-0.1, -0.05) is 12.1 Å². The summed E-state index contributed by atoms with van der Waals surface area (Å²) >= 11 is 0. The fourth-order valence-corrected chi connectivity index (χ4v) is 1.82. The third kappa shape index (κ3) is 3.42. The lowest BCUT2D eigenvalue weighted by Gasteiger charge is -2.10. The zero-order chi connectivity index (χ0) is 15.2. The molecule has 21 heavy (non-hydrogen) atoms. The van der Waals surface area contributed by atoms with Crippen LogP contribution in [0.1, 0.15) is 11.1 Å². The van der Waals surface area contributed by atoms with E-state index in [1.165, 1.54) is 20.3 Å². The SMILES string of the molecule is COc1cc(C#N)cc(OCc2cccc(OC)c2F)c1. The van der Waals surface area contributed by atoms with Crippen molar-refractivity contribution in [2.75, 3.05) is 14.2 Å². The van der Waals surface area contributed by atoms with Crippen molar-refractivity contribution in [1.82, 2.24) is 0 Å². The molecule has 0 atom stereocenters. The van der Waals surface area contributed by atoms with Crippen LogP contribution < -0.4 is 14.2 Å². The summed E-state index contributed by atoms with van der Waals surface area (Å²) in [5.74, 6) is 0.658. The van der Waals surface area contributed by atoms with Gasteiger partial charge in [-0.2, -0.15) is 5.26 Å². The number of methoxy groups -OCH3 is 2. The van der Waals surface area contributed by atoms with E-state index in [0.717, 1.165) is 0 Å². The average Bonchev–Trinajstić information content (AvgIpc) is 2.53.